The van der Waals surface area contributed by atoms with E-state index >= 15 is 0 Å². The van der Waals surface area contributed by atoms with E-state index < -0.39 is 0 Å². The van der Waals surface area contributed by atoms with Crippen molar-refractivity contribution < 1.29 is 14.3 Å². The van der Waals surface area contributed by atoms with E-state index in [2.05, 4.69) is 15.6 Å². The summed E-state index contributed by atoms with van der Waals surface area (Å²) < 4.78 is 10.2. The first-order chi connectivity index (χ1) is 11.7. The summed E-state index contributed by atoms with van der Waals surface area (Å²) in [5.74, 6) is 0.364. The molecule has 0 bridgehead atoms. The molecule has 0 atom stereocenters. The summed E-state index contributed by atoms with van der Waals surface area (Å²) >= 11 is 0. The number of carbonyl (C=O) groups is 1. The van der Waals surface area contributed by atoms with Crippen molar-refractivity contribution in [1.82, 2.24) is 10.3 Å². The number of benzene rings is 1. The van der Waals surface area contributed by atoms with Gasteiger partial charge in [0.25, 0.3) is 5.91 Å². The lowest BCUT2D eigenvalue weighted by Crippen LogP contribution is -2.21. The molecule has 0 radical (unpaired) electrons. The molecule has 0 saturated heterocycles. The van der Waals surface area contributed by atoms with Gasteiger partial charge in [-0.05, 0) is 23.8 Å². The van der Waals surface area contributed by atoms with Crippen LogP contribution in [0, 0.1) is 0 Å². The highest BCUT2D eigenvalue weighted by molar-refractivity contribution is 5.99. The fourth-order valence-corrected chi connectivity index (χ4v) is 2.33. The van der Waals surface area contributed by atoms with E-state index in [1.54, 1.807) is 27.3 Å². The van der Waals surface area contributed by atoms with E-state index in [0.29, 0.717) is 31.1 Å². The first-order valence-corrected chi connectivity index (χ1v) is 7.73. The highest BCUT2D eigenvalue weighted by atomic mass is 16.5. The van der Waals surface area contributed by atoms with Crippen LogP contribution < -0.4 is 10.6 Å². The third kappa shape index (κ3) is 4.53. The number of methoxy groups -OCH3 is 2. The Bertz CT molecular complexity index is 689. The molecule has 0 aliphatic heterocycles. The smallest absolute Gasteiger partial charge is 0.254 e. The number of nitrogens with zero attached hydrogens (tertiary/aromatic N) is 1. The standard InChI is InChI=1S/C18H23N3O3/c1-19-18(22)15-7-8-16(21-17(15)20-9-10-23-2)14-6-4-5-13(11-14)12-24-3/h4-8,11H,9-10,12H2,1-3H3,(H,19,22)(H,20,21). The summed E-state index contributed by atoms with van der Waals surface area (Å²) in [6, 6.07) is 11.6. The van der Waals surface area contributed by atoms with Crippen molar-refractivity contribution >= 4 is 11.7 Å². The Morgan fingerprint density at radius 1 is 1.17 bits per heavy atom. The zero-order chi connectivity index (χ0) is 17.4. The van der Waals surface area contributed by atoms with Gasteiger partial charge < -0.3 is 20.1 Å². The van der Waals surface area contributed by atoms with E-state index in [0.717, 1.165) is 16.8 Å². The van der Waals surface area contributed by atoms with Gasteiger partial charge in [-0.3, -0.25) is 4.79 Å². The van der Waals surface area contributed by atoms with Gasteiger partial charge in [-0.25, -0.2) is 4.98 Å². The van der Waals surface area contributed by atoms with Gasteiger partial charge in [-0.1, -0.05) is 18.2 Å². The molecule has 0 aliphatic carbocycles. The maximum Gasteiger partial charge on any atom is 0.254 e. The van der Waals surface area contributed by atoms with Crippen molar-refractivity contribution in [2.75, 3.05) is 39.7 Å². The van der Waals surface area contributed by atoms with Gasteiger partial charge in [-0.2, -0.15) is 0 Å². The molecule has 2 N–H and O–H groups in total. The summed E-state index contributed by atoms with van der Waals surface area (Å²) in [6.45, 7) is 1.65. The topological polar surface area (TPSA) is 72.5 Å². The molecule has 0 aliphatic rings. The summed E-state index contributed by atoms with van der Waals surface area (Å²) in [4.78, 5) is 16.6. The number of nitrogens with one attached hydrogen (secondary N) is 2. The first-order valence-electron chi connectivity index (χ1n) is 7.73. The third-order valence-electron chi connectivity index (χ3n) is 3.50. The number of amides is 1. The minimum atomic E-state index is -0.179. The van der Waals surface area contributed by atoms with E-state index in [-0.39, 0.29) is 5.91 Å². The Morgan fingerprint density at radius 3 is 2.71 bits per heavy atom. The van der Waals surface area contributed by atoms with Crippen molar-refractivity contribution in [3.05, 3.63) is 47.5 Å². The molecule has 6 nitrogen and oxygen atoms in total. The minimum Gasteiger partial charge on any atom is -0.383 e. The number of ether oxygens (including phenoxy) is 2. The maximum absolute atomic E-state index is 12.0. The van der Waals surface area contributed by atoms with Crippen LogP contribution in [-0.2, 0) is 16.1 Å². The number of anilines is 1. The minimum absolute atomic E-state index is 0.179. The second kappa shape index (κ2) is 9.00. The second-order valence-corrected chi connectivity index (χ2v) is 5.22. The predicted octanol–water partition coefficient (Wildman–Crippen LogP) is 2.31. The third-order valence-corrected chi connectivity index (χ3v) is 3.50. The lowest BCUT2D eigenvalue weighted by atomic mass is 10.1. The van der Waals surface area contributed by atoms with Gasteiger partial charge in [0.2, 0.25) is 0 Å². The molecule has 1 amide bonds. The summed E-state index contributed by atoms with van der Waals surface area (Å²) in [5.41, 5.74) is 3.34. The molecular weight excluding hydrogens is 306 g/mol. The SMILES string of the molecule is CNC(=O)c1ccc(-c2cccc(COC)c2)nc1NCCOC. The van der Waals surface area contributed by atoms with Gasteiger partial charge >= 0.3 is 0 Å². The van der Waals surface area contributed by atoms with Gasteiger partial charge in [0, 0.05) is 33.4 Å². The molecule has 2 aromatic rings. The molecule has 24 heavy (non-hydrogen) atoms. The van der Waals surface area contributed by atoms with Crippen LogP contribution in [0.5, 0.6) is 0 Å². The van der Waals surface area contributed by atoms with Crippen molar-refractivity contribution in [2.45, 2.75) is 6.61 Å². The fraction of sp³-hybridized carbons (Fsp3) is 0.333. The van der Waals surface area contributed by atoms with Crippen LogP contribution in [0.2, 0.25) is 0 Å². The van der Waals surface area contributed by atoms with E-state index in [1.807, 2.05) is 30.3 Å². The molecule has 0 saturated carbocycles. The number of pyridine rings is 1. The maximum atomic E-state index is 12.0. The number of carbonyl (C=O) groups excluding carboxylic acids is 1. The Kier molecular flexibility index (Phi) is 6.72. The highest BCUT2D eigenvalue weighted by Gasteiger charge is 2.13. The molecule has 0 unspecified atom stereocenters. The average molecular weight is 329 g/mol. The molecular formula is C18H23N3O3. The Balaban J connectivity index is 2.35. The normalized spacial score (nSPS) is 10.5. The first kappa shape index (κ1) is 17.9. The van der Waals surface area contributed by atoms with Crippen molar-refractivity contribution in [1.29, 1.82) is 0 Å². The summed E-state index contributed by atoms with van der Waals surface area (Å²) in [6.07, 6.45) is 0. The predicted molar refractivity (Wildman–Crippen MR) is 94.1 cm³/mol. The number of rotatable bonds is 8. The van der Waals surface area contributed by atoms with Crippen LogP contribution in [0.15, 0.2) is 36.4 Å². The summed E-state index contributed by atoms with van der Waals surface area (Å²) in [5, 5.41) is 5.79. The van der Waals surface area contributed by atoms with E-state index in [1.165, 1.54) is 0 Å². The Morgan fingerprint density at radius 2 is 2.00 bits per heavy atom. The van der Waals surface area contributed by atoms with Gasteiger partial charge in [0.1, 0.15) is 5.82 Å². The van der Waals surface area contributed by atoms with Crippen molar-refractivity contribution in [2.24, 2.45) is 0 Å². The zero-order valence-electron chi connectivity index (χ0n) is 14.3. The monoisotopic (exact) mass is 329 g/mol. The van der Waals surface area contributed by atoms with Crippen LogP contribution in [0.1, 0.15) is 15.9 Å². The Hall–Kier alpha value is -2.44. The van der Waals surface area contributed by atoms with Crippen LogP contribution in [0.3, 0.4) is 0 Å². The number of hydrogen-bond donors (Lipinski definition) is 2. The molecule has 128 valence electrons. The van der Waals surface area contributed by atoms with Crippen LogP contribution in [0.4, 0.5) is 5.82 Å². The molecule has 1 aromatic heterocycles. The number of aromatic nitrogens is 1. The van der Waals surface area contributed by atoms with Gasteiger partial charge in [-0.15, -0.1) is 0 Å². The molecule has 0 spiro atoms. The van der Waals surface area contributed by atoms with Gasteiger partial charge in [0.05, 0.1) is 24.5 Å². The molecule has 6 heteroatoms. The summed E-state index contributed by atoms with van der Waals surface area (Å²) in [7, 11) is 4.90. The lowest BCUT2D eigenvalue weighted by molar-refractivity contribution is 0.0963. The highest BCUT2D eigenvalue weighted by Crippen LogP contribution is 2.23. The van der Waals surface area contributed by atoms with E-state index in [9.17, 15) is 4.79 Å². The van der Waals surface area contributed by atoms with E-state index in [4.69, 9.17) is 9.47 Å². The molecule has 0 fully saturated rings. The molecule has 1 heterocycles. The van der Waals surface area contributed by atoms with Crippen LogP contribution in [-0.4, -0.2) is 45.3 Å². The van der Waals surface area contributed by atoms with Crippen molar-refractivity contribution in [3.63, 3.8) is 0 Å². The molecule has 1 aromatic carbocycles. The van der Waals surface area contributed by atoms with Crippen LogP contribution in [0.25, 0.3) is 11.3 Å². The van der Waals surface area contributed by atoms with Crippen molar-refractivity contribution in [3.8, 4) is 11.3 Å². The quantitative estimate of drug-likeness (QED) is 0.727. The van der Waals surface area contributed by atoms with Crippen LogP contribution >= 0.6 is 0 Å². The fourth-order valence-electron chi connectivity index (χ4n) is 2.33. The number of hydrogen-bond acceptors (Lipinski definition) is 5. The van der Waals surface area contributed by atoms with Gasteiger partial charge in [0.15, 0.2) is 0 Å². The average Bonchev–Trinajstić information content (AvgIpc) is 2.62. The Labute approximate surface area is 142 Å². The molecule has 2 rings (SSSR count). The largest absolute Gasteiger partial charge is 0.383 e. The zero-order valence-corrected chi connectivity index (χ0v) is 14.3. The second-order valence-electron chi connectivity index (χ2n) is 5.22. The lowest BCUT2D eigenvalue weighted by Gasteiger charge is -2.12.